The zero-order valence-corrected chi connectivity index (χ0v) is 17.4. The van der Waals surface area contributed by atoms with Crippen molar-refractivity contribution in [1.29, 1.82) is 0 Å². The Labute approximate surface area is 176 Å². The fraction of sp³-hybridized carbons (Fsp3) is 0.348. The van der Waals surface area contributed by atoms with Crippen LogP contribution in [0.2, 0.25) is 0 Å². The Morgan fingerprint density at radius 2 is 1.57 bits per heavy atom. The number of aryl methyl sites for hydroxylation is 2. The second-order valence-corrected chi connectivity index (χ2v) is 7.42. The Balaban J connectivity index is 1.40. The van der Waals surface area contributed by atoms with Gasteiger partial charge in [-0.1, -0.05) is 36.4 Å². The fourth-order valence-electron chi connectivity index (χ4n) is 3.25. The van der Waals surface area contributed by atoms with Crippen LogP contribution in [0.15, 0.2) is 48.5 Å². The van der Waals surface area contributed by atoms with E-state index in [4.69, 9.17) is 4.74 Å². The Morgan fingerprint density at radius 1 is 0.900 bits per heavy atom. The van der Waals surface area contributed by atoms with Gasteiger partial charge < -0.3 is 19.9 Å². The molecule has 3 rings (SSSR count). The smallest absolute Gasteiger partial charge is 0.321 e. The third kappa shape index (κ3) is 5.83. The molecule has 0 saturated carbocycles. The second-order valence-electron chi connectivity index (χ2n) is 7.42. The number of ether oxygens (including phenoxy) is 1. The molecule has 2 aromatic carbocycles. The van der Waals surface area contributed by atoms with E-state index < -0.39 is 5.97 Å². The van der Waals surface area contributed by atoms with E-state index in [1.54, 1.807) is 9.80 Å². The third-order valence-electron chi connectivity index (χ3n) is 5.22. The molecule has 0 bridgehead atoms. The molecule has 3 amide bonds. The monoisotopic (exact) mass is 409 g/mol. The molecule has 1 saturated heterocycles. The summed E-state index contributed by atoms with van der Waals surface area (Å²) in [6.45, 7) is 5.42. The number of carbonyl (C=O) groups excluding carboxylic acids is 3. The van der Waals surface area contributed by atoms with Gasteiger partial charge in [0, 0.05) is 31.9 Å². The van der Waals surface area contributed by atoms with Gasteiger partial charge in [0.15, 0.2) is 6.61 Å². The maximum Gasteiger partial charge on any atom is 0.321 e. The van der Waals surface area contributed by atoms with Gasteiger partial charge >= 0.3 is 12.0 Å². The van der Waals surface area contributed by atoms with Crippen molar-refractivity contribution >= 4 is 23.6 Å². The van der Waals surface area contributed by atoms with Gasteiger partial charge in [0.1, 0.15) is 0 Å². The Morgan fingerprint density at radius 3 is 2.23 bits per heavy atom. The molecular formula is C23H27N3O4. The van der Waals surface area contributed by atoms with Gasteiger partial charge in [-0.05, 0) is 42.7 Å². The zero-order valence-electron chi connectivity index (χ0n) is 17.4. The van der Waals surface area contributed by atoms with Gasteiger partial charge in [0.05, 0.1) is 6.42 Å². The van der Waals surface area contributed by atoms with Crippen LogP contribution < -0.4 is 5.32 Å². The Bertz CT molecular complexity index is 906. The lowest BCUT2D eigenvalue weighted by Crippen LogP contribution is -2.52. The van der Waals surface area contributed by atoms with Crippen molar-refractivity contribution in [2.75, 3.05) is 38.1 Å². The number of para-hydroxylation sites is 1. The number of nitrogens with zero attached hydrogens (tertiary/aromatic N) is 2. The van der Waals surface area contributed by atoms with Gasteiger partial charge in [-0.2, -0.15) is 0 Å². The molecule has 1 aliphatic rings. The summed E-state index contributed by atoms with van der Waals surface area (Å²) in [6.07, 6.45) is 0.141. The van der Waals surface area contributed by atoms with Crippen molar-refractivity contribution in [3.63, 3.8) is 0 Å². The number of urea groups is 1. The molecule has 1 fully saturated rings. The number of nitrogens with one attached hydrogen (secondary N) is 1. The topological polar surface area (TPSA) is 79.0 Å². The lowest BCUT2D eigenvalue weighted by molar-refractivity contribution is -0.152. The van der Waals surface area contributed by atoms with Gasteiger partial charge in [0.25, 0.3) is 5.91 Å². The van der Waals surface area contributed by atoms with E-state index in [0.29, 0.717) is 26.2 Å². The first-order chi connectivity index (χ1) is 14.4. The van der Waals surface area contributed by atoms with Gasteiger partial charge in [-0.15, -0.1) is 0 Å². The average molecular weight is 409 g/mol. The largest absolute Gasteiger partial charge is 0.455 e. The van der Waals surface area contributed by atoms with E-state index in [9.17, 15) is 14.4 Å². The van der Waals surface area contributed by atoms with Gasteiger partial charge in [-0.25, -0.2) is 4.79 Å². The molecule has 0 aliphatic carbocycles. The highest BCUT2D eigenvalue weighted by atomic mass is 16.5. The predicted molar refractivity (Wildman–Crippen MR) is 114 cm³/mol. The third-order valence-corrected chi connectivity index (χ3v) is 5.22. The molecule has 1 heterocycles. The molecule has 1 N–H and O–H groups in total. The number of piperazine rings is 1. The molecule has 2 aromatic rings. The minimum Gasteiger partial charge on any atom is -0.455 e. The van der Waals surface area contributed by atoms with Crippen LogP contribution >= 0.6 is 0 Å². The summed E-state index contributed by atoms with van der Waals surface area (Å²) in [5.41, 5.74) is 3.88. The molecule has 158 valence electrons. The summed E-state index contributed by atoms with van der Waals surface area (Å²) in [7, 11) is 0. The standard InChI is InChI=1S/C23H27N3O4/c1-17-8-9-19(14-18(17)2)15-22(28)30-16-21(27)25-10-12-26(13-11-25)23(29)24-20-6-4-3-5-7-20/h3-9,14H,10-13,15-16H2,1-2H3,(H,24,29). The normalized spacial score (nSPS) is 13.7. The minimum absolute atomic E-state index is 0.141. The number of anilines is 1. The van der Waals surface area contributed by atoms with Crippen molar-refractivity contribution in [3.8, 4) is 0 Å². The highest BCUT2D eigenvalue weighted by Crippen LogP contribution is 2.11. The number of amides is 3. The molecule has 0 unspecified atom stereocenters. The summed E-state index contributed by atoms with van der Waals surface area (Å²) in [5.74, 6) is -0.668. The molecule has 0 atom stereocenters. The van der Waals surface area contributed by atoms with E-state index in [1.807, 2.05) is 62.4 Å². The Hall–Kier alpha value is -3.35. The molecule has 30 heavy (non-hydrogen) atoms. The fourth-order valence-corrected chi connectivity index (χ4v) is 3.25. The summed E-state index contributed by atoms with van der Waals surface area (Å²) >= 11 is 0. The maximum atomic E-state index is 12.4. The van der Waals surface area contributed by atoms with Crippen molar-refractivity contribution in [2.45, 2.75) is 20.3 Å². The number of carbonyl (C=O) groups is 3. The van der Waals surface area contributed by atoms with Crippen LogP contribution in [0, 0.1) is 13.8 Å². The van der Waals surface area contributed by atoms with Crippen molar-refractivity contribution in [3.05, 3.63) is 65.2 Å². The summed E-state index contributed by atoms with van der Waals surface area (Å²) < 4.78 is 5.16. The van der Waals surface area contributed by atoms with Gasteiger partial charge in [-0.3, -0.25) is 9.59 Å². The van der Waals surface area contributed by atoms with Crippen LogP contribution in [0.4, 0.5) is 10.5 Å². The number of hydrogen-bond donors (Lipinski definition) is 1. The van der Waals surface area contributed by atoms with E-state index in [2.05, 4.69) is 5.32 Å². The molecule has 0 radical (unpaired) electrons. The lowest BCUT2D eigenvalue weighted by Gasteiger charge is -2.34. The first-order valence-electron chi connectivity index (χ1n) is 10.0. The second kappa shape index (κ2) is 9.91. The molecule has 1 aliphatic heterocycles. The summed E-state index contributed by atoms with van der Waals surface area (Å²) in [4.78, 5) is 40.0. The number of rotatable bonds is 5. The molecular weight excluding hydrogens is 382 g/mol. The number of benzene rings is 2. The first kappa shape index (κ1) is 21.4. The highest BCUT2D eigenvalue weighted by molar-refractivity contribution is 5.89. The van der Waals surface area contributed by atoms with Crippen molar-refractivity contribution in [2.24, 2.45) is 0 Å². The van der Waals surface area contributed by atoms with Crippen molar-refractivity contribution in [1.82, 2.24) is 9.80 Å². The van der Waals surface area contributed by atoms with Crippen LogP contribution in [-0.2, 0) is 20.7 Å². The van der Waals surface area contributed by atoms with E-state index in [0.717, 1.165) is 16.8 Å². The van der Waals surface area contributed by atoms with Crippen LogP contribution in [0.1, 0.15) is 16.7 Å². The Kier molecular flexibility index (Phi) is 7.06. The van der Waals surface area contributed by atoms with Crippen LogP contribution in [0.3, 0.4) is 0 Å². The van der Waals surface area contributed by atoms with Crippen LogP contribution in [0.5, 0.6) is 0 Å². The lowest BCUT2D eigenvalue weighted by atomic mass is 10.0. The summed E-state index contributed by atoms with van der Waals surface area (Å²) in [6, 6.07) is 14.9. The number of esters is 1. The quantitative estimate of drug-likeness (QED) is 0.771. The minimum atomic E-state index is -0.424. The predicted octanol–water partition coefficient (Wildman–Crippen LogP) is 2.77. The van der Waals surface area contributed by atoms with Crippen LogP contribution in [0.25, 0.3) is 0 Å². The zero-order chi connectivity index (χ0) is 21.5. The highest BCUT2D eigenvalue weighted by Gasteiger charge is 2.24. The van der Waals surface area contributed by atoms with E-state index in [-0.39, 0.29) is 25.0 Å². The van der Waals surface area contributed by atoms with E-state index >= 15 is 0 Å². The van der Waals surface area contributed by atoms with E-state index in [1.165, 1.54) is 5.56 Å². The van der Waals surface area contributed by atoms with Gasteiger partial charge in [0.2, 0.25) is 0 Å². The average Bonchev–Trinajstić information content (AvgIpc) is 2.75. The number of hydrogen-bond acceptors (Lipinski definition) is 4. The van der Waals surface area contributed by atoms with Crippen LogP contribution in [-0.4, -0.2) is 60.5 Å². The maximum absolute atomic E-state index is 12.4. The molecule has 7 heteroatoms. The molecule has 7 nitrogen and oxygen atoms in total. The first-order valence-corrected chi connectivity index (χ1v) is 10.0. The van der Waals surface area contributed by atoms with Crippen molar-refractivity contribution < 1.29 is 19.1 Å². The molecule has 0 aromatic heterocycles. The molecule has 0 spiro atoms. The summed E-state index contributed by atoms with van der Waals surface area (Å²) in [5, 5.41) is 2.84. The SMILES string of the molecule is Cc1ccc(CC(=O)OCC(=O)N2CCN(C(=O)Nc3ccccc3)CC2)cc1C.